The van der Waals surface area contributed by atoms with Crippen LogP contribution in [0.3, 0.4) is 0 Å². The molecule has 0 bridgehead atoms. The Balaban J connectivity index is 2.11. The Morgan fingerprint density at radius 2 is 1.90 bits per heavy atom. The van der Waals surface area contributed by atoms with Crippen LogP contribution in [0.25, 0.3) is 0 Å². The minimum Gasteiger partial charge on any atom is -0.491 e. The zero-order chi connectivity index (χ0) is 15.0. The Hall–Kier alpha value is -1.15. The van der Waals surface area contributed by atoms with Gasteiger partial charge >= 0.3 is 0 Å². The number of ether oxygens (including phenoxy) is 1. The first-order chi connectivity index (χ1) is 9.37. The van der Waals surface area contributed by atoms with Gasteiger partial charge in [-0.25, -0.2) is 13.1 Å². The van der Waals surface area contributed by atoms with Gasteiger partial charge in [0.05, 0.1) is 6.26 Å². The van der Waals surface area contributed by atoms with E-state index in [-0.39, 0.29) is 6.61 Å². The zero-order valence-electron chi connectivity index (χ0n) is 11.8. The molecule has 0 aliphatic rings. The molecule has 0 spiro atoms. The van der Waals surface area contributed by atoms with Crippen LogP contribution >= 0.6 is 0 Å². The SMILES string of the molecule is Cc1ccc(OCC(O)CNCCNS(C)(=O)=O)cc1. The van der Waals surface area contributed by atoms with E-state index in [0.717, 1.165) is 11.8 Å². The highest BCUT2D eigenvalue weighted by Crippen LogP contribution is 2.11. The van der Waals surface area contributed by atoms with Gasteiger partial charge < -0.3 is 15.2 Å². The zero-order valence-corrected chi connectivity index (χ0v) is 12.6. The summed E-state index contributed by atoms with van der Waals surface area (Å²) in [5.41, 5.74) is 1.15. The van der Waals surface area contributed by atoms with E-state index in [1.54, 1.807) is 0 Å². The molecule has 0 aromatic heterocycles. The van der Waals surface area contributed by atoms with Gasteiger partial charge in [0.25, 0.3) is 0 Å². The average molecular weight is 302 g/mol. The van der Waals surface area contributed by atoms with Crippen LogP contribution in [0, 0.1) is 6.92 Å². The predicted molar refractivity (Wildman–Crippen MR) is 78.4 cm³/mol. The summed E-state index contributed by atoms with van der Waals surface area (Å²) in [6.07, 6.45) is 0.464. The molecule has 1 rings (SSSR count). The maximum atomic E-state index is 10.8. The molecule has 3 N–H and O–H groups in total. The summed E-state index contributed by atoms with van der Waals surface area (Å²) < 4.78 is 29.4. The largest absolute Gasteiger partial charge is 0.491 e. The normalized spacial score (nSPS) is 13.2. The molecule has 114 valence electrons. The maximum Gasteiger partial charge on any atom is 0.208 e. The van der Waals surface area contributed by atoms with Crippen molar-refractivity contribution >= 4 is 10.0 Å². The number of rotatable bonds is 9. The molecular formula is C13H22N2O4S. The predicted octanol–water partition coefficient (Wildman–Crippen LogP) is -0.126. The Morgan fingerprint density at radius 3 is 2.50 bits per heavy atom. The fourth-order valence-electron chi connectivity index (χ4n) is 1.48. The minimum absolute atomic E-state index is 0.190. The van der Waals surface area contributed by atoms with Crippen LogP contribution in [0.2, 0.25) is 0 Å². The lowest BCUT2D eigenvalue weighted by atomic mass is 10.2. The summed E-state index contributed by atoms with van der Waals surface area (Å²) >= 11 is 0. The van der Waals surface area contributed by atoms with Gasteiger partial charge in [-0.15, -0.1) is 0 Å². The molecule has 1 unspecified atom stereocenters. The molecular weight excluding hydrogens is 280 g/mol. The summed E-state index contributed by atoms with van der Waals surface area (Å²) in [7, 11) is -3.15. The molecule has 1 aromatic carbocycles. The van der Waals surface area contributed by atoms with Crippen LogP contribution in [0.4, 0.5) is 0 Å². The van der Waals surface area contributed by atoms with Gasteiger partial charge in [0.15, 0.2) is 0 Å². The number of nitrogens with one attached hydrogen (secondary N) is 2. The van der Waals surface area contributed by atoms with E-state index in [0.29, 0.717) is 25.4 Å². The van der Waals surface area contributed by atoms with Crippen molar-refractivity contribution in [2.75, 3.05) is 32.5 Å². The van der Waals surface area contributed by atoms with Crippen molar-refractivity contribution < 1.29 is 18.3 Å². The fourth-order valence-corrected chi connectivity index (χ4v) is 1.95. The molecule has 1 atom stereocenters. The third kappa shape index (κ3) is 8.11. The quantitative estimate of drug-likeness (QED) is 0.553. The Bertz CT molecular complexity index is 488. The molecule has 0 aliphatic carbocycles. The molecule has 20 heavy (non-hydrogen) atoms. The Kier molecular flexibility index (Phi) is 6.94. The second-order valence-electron chi connectivity index (χ2n) is 4.65. The first-order valence-electron chi connectivity index (χ1n) is 6.40. The van der Waals surface area contributed by atoms with Crippen molar-refractivity contribution in [2.45, 2.75) is 13.0 Å². The monoisotopic (exact) mass is 302 g/mol. The number of aliphatic hydroxyl groups excluding tert-OH is 1. The lowest BCUT2D eigenvalue weighted by molar-refractivity contribution is 0.107. The number of benzene rings is 1. The average Bonchev–Trinajstić information content (AvgIpc) is 2.36. The molecule has 0 amide bonds. The van der Waals surface area contributed by atoms with Gasteiger partial charge in [0.2, 0.25) is 10.0 Å². The molecule has 0 saturated heterocycles. The van der Waals surface area contributed by atoms with Gasteiger partial charge in [0.1, 0.15) is 18.5 Å². The first kappa shape index (κ1) is 16.9. The first-order valence-corrected chi connectivity index (χ1v) is 8.29. The lowest BCUT2D eigenvalue weighted by Gasteiger charge is -2.13. The second kappa shape index (κ2) is 8.21. The molecule has 0 radical (unpaired) electrons. The molecule has 7 heteroatoms. The van der Waals surface area contributed by atoms with Gasteiger partial charge in [-0.05, 0) is 19.1 Å². The van der Waals surface area contributed by atoms with E-state index in [1.807, 2.05) is 31.2 Å². The van der Waals surface area contributed by atoms with Crippen molar-refractivity contribution in [2.24, 2.45) is 0 Å². The molecule has 6 nitrogen and oxygen atoms in total. The summed E-state index contributed by atoms with van der Waals surface area (Å²) in [5, 5.41) is 12.6. The minimum atomic E-state index is -3.15. The van der Waals surface area contributed by atoms with Gasteiger partial charge in [-0.2, -0.15) is 0 Å². The number of aryl methyl sites for hydroxylation is 1. The van der Waals surface area contributed by atoms with Gasteiger partial charge in [-0.3, -0.25) is 0 Å². The maximum absolute atomic E-state index is 10.8. The number of hydrogen-bond acceptors (Lipinski definition) is 5. The van der Waals surface area contributed by atoms with Crippen molar-refractivity contribution in [3.05, 3.63) is 29.8 Å². The molecule has 1 aromatic rings. The van der Waals surface area contributed by atoms with E-state index in [2.05, 4.69) is 10.0 Å². The summed E-state index contributed by atoms with van der Waals surface area (Å²) in [6.45, 7) is 3.28. The molecule has 0 heterocycles. The van der Waals surface area contributed by atoms with Crippen LogP contribution in [-0.2, 0) is 10.0 Å². The summed E-state index contributed by atoms with van der Waals surface area (Å²) in [4.78, 5) is 0. The number of sulfonamides is 1. The van der Waals surface area contributed by atoms with Crippen molar-refractivity contribution in [3.8, 4) is 5.75 Å². The van der Waals surface area contributed by atoms with Crippen LogP contribution < -0.4 is 14.8 Å². The van der Waals surface area contributed by atoms with Crippen LogP contribution in [0.15, 0.2) is 24.3 Å². The van der Waals surface area contributed by atoms with Gasteiger partial charge in [-0.1, -0.05) is 17.7 Å². The van der Waals surface area contributed by atoms with Crippen LogP contribution in [-0.4, -0.2) is 52.1 Å². The third-order valence-corrected chi connectivity index (χ3v) is 3.24. The molecule has 0 saturated carbocycles. The van der Waals surface area contributed by atoms with Crippen molar-refractivity contribution in [1.29, 1.82) is 0 Å². The number of hydrogen-bond donors (Lipinski definition) is 3. The number of aliphatic hydroxyl groups is 1. The van der Waals surface area contributed by atoms with E-state index in [9.17, 15) is 13.5 Å². The highest BCUT2D eigenvalue weighted by molar-refractivity contribution is 7.88. The van der Waals surface area contributed by atoms with E-state index < -0.39 is 16.1 Å². The standard InChI is InChI=1S/C13H22N2O4S/c1-11-3-5-13(6-4-11)19-10-12(16)9-14-7-8-15-20(2,17)18/h3-6,12,14-16H,7-10H2,1-2H3. The summed E-state index contributed by atoms with van der Waals surface area (Å²) in [6, 6.07) is 7.59. The second-order valence-corrected chi connectivity index (χ2v) is 6.48. The van der Waals surface area contributed by atoms with Crippen LogP contribution in [0.1, 0.15) is 5.56 Å². The van der Waals surface area contributed by atoms with Crippen LogP contribution in [0.5, 0.6) is 5.75 Å². The van der Waals surface area contributed by atoms with E-state index in [1.165, 1.54) is 0 Å². The molecule has 0 aliphatic heterocycles. The van der Waals surface area contributed by atoms with Crippen molar-refractivity contribution in [1.82, 2.24) is 10.0 Å². The summed E-state index contributed by atoms with van der Waals surface area (Å²) in [5.74, 6) is 0.716. The highest BCUT2D eigenvalue weighted by atomic mass is 32.2. The lowest BCUT2D eigenvalue weighted by Crippen LogP contribution is -2.36. The Labute approximate surface area is 120 Å². The van der Waals surface area contributed by atoms with E-state index in [4.69, 9.17) is 4.74 Å². The Morgan fingerprint density at radius 1 is 1.25 bits per heavy atom. The van der Waals surface area contributed by atoms with Crippen molar-refractivity contribution in [3.63, 3.8) is 0 Å². The van der Waals surface area contributed by atoms with Gasteiger partial charge in [0, 0.05) is 19.6 Å². The highest BCUT2D eigenvalue weighted by Gasteiger charge is 2.05. The topological polar surface area (TPSA) is 87.7 Å². The molecule has 0 fully saturated rings. The smallest absolute Gasteiger partial charge is 0.208 e. The van der Waals surface area contributed by atoms with E-state index >= 15 is 0 Å². The third-order valence-electron chi connectivity index (χ3n) is 2.51. The fraction of sp³-hybridized carbons (Fsp3) is 0.538.